The number of piperazine rings is 1. The van der Waals surface area contributed by atoms with Crippen LogP contribution in [0.5, 0.6) is 11.5 Å². The molecule has 3 aromatic rings. The van der Waals surface area contributed by atoms with Gasteiger partial charge in [0.1, 0.15) is 6.61 Å². The van der Waals surface area contributed by atoms with Crippen LogP contribution in [0, 0.1) is 6.92 Å². The van der Waals surface area contributed by atoms with E-state index in [0.29, 0.717) is 12.6 Å². The smallest absolute Gasteiger partial charge is 0.161 e. The third kappa shape index (κ3) is 5.39. The molecule has 0 N–H and O–H groups in total. The second kappa shape index (κ2) is 9.88. The van der Waals surface area contributed by atoms with Gasteiger partial charge in [-0.15, -0.1) is 0 Å². The number of aryl methyl sites for hydroxylation is 1. The van der Waals surface area contributed by atoms with E-state index in [0.717, 1.165) is 43.2 Å². The van der Waals surface area contributed by atoms with Gasteiger partial charge in [0.25, 0.3) is 0 Å². The van der Waals surface area contributed by atoms with Gasteiger partial charge in [-0.25, -0.2) is 0 Å². The van der Waals surface area contributed by atoms with Gasteiger partial charge in [-0.2, -0.15) is 0 Å². The quantitative estimate of drug-likeness (QED) is 0.522. The Balaban J connectivity index is 1.36. The zero-order valence-electron chi connectivity index (χ0n) is 18.8. The molecule has 31 heavy (non-hydrogen) atoms. The maximum Gasteiger partial charge on any atom is 0.161 e. The van der Waals surface area contributed by atoms with Crippen LogP contribution in [-0.2, 0) is 13.2 Å². The molecule has 1 aliphatic heterocycles. The minimum atomic E-state index is 0.479. The molecule has 0 aliphatic carbocycles. The SMILES string of the molecule is COc1cc(CN2CCN(c3ccc(C)cc3)C(C)C2)ccc1OCc1ccccc1. The van der Waals surface area contributed by atoms with Crippen LogP contribution in [0.2, 0.25) is 0 Å². The number of benzene rings is 3. The highest BCUT2D eigenvalue weighted by molar-refractivity contribution is 5.49. The molecule has 162 valence electrons. The second-order valence-electron chi connectivity index (χ2n) is 8.37. The van der Waals surface area contributed by atoms with E-state index in [4.69, 9.17) is 9.47 Å². The molecule has 1 fully saturated rings. The Labute approximate surface area is 186 Å². The second-order valence-corrected chi connectivity index (χ2v) is 8.37. The van der Waals surface area contributed by atoms with E-state index in [1.54, 1.807) is 7.11 Å². The van der Waals surface area contributed by atoms with Crippen molar-refractivity contribution in [3.8, 4) is 11.5 Å². The number of methoxy groups -OCH3 is 1. The molecule has 0 spiro atoms. The molecule has 4 nitrogen and oxygen atoms in total. The fraction of sp³-hybridized carbons (Fsp3) is 0.333. The predicted octanol–water partition coefficient (Wildman–Crippen LogP) is 5.29. The van der Waals surface area contributed by atoms with Gasteiger partial charge in [0.15, 0.2) is 11.5 Å². The molecule has 1 atom stereocenters. The van der Waals surface area contributed by atoms with Crippen molar-refractivity contribution in [3.63, 3.8) is 0 Å². The molecule has 1 saturated heterocycles. The third-order valence-corrected chi connectivity index (χ3v) is 5.95. The van der Waals surface area contributed by atoms with Crippen LogP contribution in [0.3, 0.4) is 0 Å². The zero-order valence-corrected chi connectivity index (χ0v) is 18.8. The van der Waals surface area contributed by atoms with Crippen LogP contribution < -0.4 is 14.4 Å². The van der Waals surface area contributed by atoms with Gasteiger partial charge in [0.05, 0.1) is 7.11 Å². The summed E-state index contributed by atoms with van der Waals surface area (Å²) in [5, 5.41) is 0. The largest absolute Gasteiger partial charge is 0.493 e. The lowest BCUT2D eigenvalue weighted by Gasteiger charge is -2.41. The van der Waals surface area contributed by atoms with Crippen molar-refractivity contribution in [2.24, 2.45) is 0 Å². The summed E-state index contributed by atoms with van der Waals surface area (Å²) in [7, 11) is 1.71. The summed E-state index contributed by atoms with van der Waals surface area (Å²) in [5.41, 5.74) is 5.02. The molecule has 4 rings (SSSR count). The highest BCUT2D eigenvalue weighted by Gasteiger charge is 2.24. The molecule has 1 aliphatic rings. The molecule has 1 heterocycles. The average molecular weight is 417 g/mol. The Morgan fingerprint density at radius 1 is 0.871 bits per heavy atom. The van der Waals surface area contributed by atoms with Crippen LogP contribution in [0.15, 0.2) is 72.8 Å². The van der Waals surface area contributed by atoms with E-state index in [2.05, 4.69) is 72.2 Å². The summed E-state index contributed by atoms with van der Waals surface area (Å²) < 4.78 is 11.6. The lowest BCUT2D eigenvalue weighted by Crippen LogP contribution is -2.51. The molecule has 0 bridgehead atoms. The van der Waals surface area contributed by atoms with E-state index in [1.165, 1.54) is 16.8 Å². The predicted molar refractivity (Wildman–Crippen MR) is 127 cm³/mol. The van der Waals surface area contributed by atoms with E-state index in [-0.39, 0.29) is 0 Å². The molecule has 0 radical (unpaired) electrons. The average Bonchev–Trinajstić information content (AvgIpc) is 2.80. The summed E-state index contributed by atoms with van der Waals surface area (Å²) >= 11 is 0. The zero-order chi connectivity index (χ0) is 21.6. The standard InChI is InChI=1S/C27H32N2O2/c1-21-9-12-25(13-10-21)29-16-15-28(18-22(29)2)19-24-11-14-26(27(17-24)30-3)31-20-23-7-5-4-6-8-23/h4-14,17,22H,15-16,18-20H2,1-3H3. The Kier molecular flexibility index (Phi) is 6.78. The molecule has 0 aromatic heterocycles. The maximum atomic E-state index is 6.00. The monoisotopic (exact) mass is 416 g/mol. The molecule has 0 amide bonds. The summed E-state index contributed by atoms with van der Waals surface area (Å²) in [6.07, 6.45) is 0. The number of ether oxygens (including phenoxy) is 2. The normalized spacial score (nSPS) is 16.9. The van der Waals surface area contributed by atoms with E-state index in [1.807, 2.05) is 24.3 Å². The topological polar surface area (TPSA) is 24.9 Å². The highest BCUT2D eigenvalue weighted by atomic mass is 16.5. The highest BCUT2D eigenvalue weighted by Crippen LogP contribution is 2.30. The third-order valence-electron chi connectivity index (χ3n) is 5.95. The fourth-order valence-electron chi connectivity index (χ4n) is 4.22. The molecular formula is C27H32N2O2. The van der Waals surface area contributed by atoms with Crippen molar-refractivity contribution in [1.29, 1.82) is 0 Å². The van der Waals surface area contributed by atoms with E-state index >= 15 is 0 Å². The Morgan fingerprint density at radius 3 is 2.35 bits per heavy atom. The Hall–Kier alpha value is -2.98. The first-order valence-corrected chi connectivity index (χ1v) is 11.0. The first-order chi connectivity index (χ1) is 15.1. The first kappa shape index (κ1) is 21.3. The number of hydrogen-bond acceptors (Lipinski definition) is 4. The van der Waals surface area contributed by atoms with Crippen LogP contribution in [0.25, 0.3) is 0 Å². The van der Waals surface area contributed by atoms with Gasteiger partial charge >= 0.3 is 0 Å². The van der Waals surface area contributed by atoms with Gasteiger partial charge in [-0.3, -0.25) is 4.90 Å². The van der Waals surface area contributed by atoms with Crippen LogP contribution in [-0.4, -0.2) is 37.7 Å². The molecular weight excluding hydrogens is 384 g/mol. The van der Waals surface area contributed by atoms with Crippen molar-refractivity contribution in [1.82, 2.24) is 4.90 Å². The number of hydrogen-bond donors (Lipinski definition) is 0. The number of nitrogens with zero attached hydrogens (tertiary/aromatic N) is 2. The summed E-state index contributed by atoms with van der Waals surface area (Å²) in [6.45, 7) is 9.04. The van der Waals surface area contributed by atoms with Gasteiger partial charge in [-0.1, -0.05) is 54.1 Å². The Bertz CT molecular complexity index is 972. The summed E-state index contributed by atoms with van der Waals surface area (Å²) in [5.74, 6) is 1.58. The lowest BCUT2D eigenvalue weighted by molar-refractivity contribution is 0.220. The van der Waals surface area contributed by atoms with Gasteiger partial charge < -0.3 is 14.4 Å². The molecule has 1 unspecified atom stereocenters. The van der Waals surface area contributed by atoms with Crippen molar-refractivity contribution in [2.45, 2.75) is 33.0 Å². The van der Waals surface area contributed by atoms with Crippen molar-refractivity contribution >= 4 is 5.69 Å². The minimum Gasteiger partial charge on any atom is -0.493 e. The van der Waals surface area contributed by atoms with Crippen LogP contribution in [0.4, 0.5) is 5.69 Å². The molecule has 3 aromatic carbocycles. The van der Waals surface area contributed by atoms with Crippen LogP contribution in [0.1, 0.15) is 23.6 Å². The summed E-state index contributed by atoms with van der Waals surface area (Å²) in [4.78, 5) is 5.03. The summed E-state index contributed by atoms with van der Waals surface area (Å²) in [6, 6.07) is 25.8. The van der Waals surface area contributed by atoms with Gasteiger partial charge in [0, 0.05) is 37.9 Å². The molecule has 0 saturated carbocycles. The Morgan fingerprint density at radius 2 is 1.65 bits per heavy atom. The van der Waals surface area contributed by atoms with Gasteiger partial charge in [0.2, 0.25) is 0 Å². The minimum absolute atomic E-state index is 0.479. The molecule has 4 heteroatoms. The van der Waals surface area contributed by atoms with Gasteiger partial charge in [-0.05, 0) is 49.2 Å². The number of rotatable bonds is 7. The van der Waals surface area contributed by atoms with E-state index in [9.17, 15) is 0 Å². The maximum absolute atomic E-state index is 6.00. The van der Waals surface area contributed by atoms with E-state index < -0.39 is 0 Å². The van der Waals surface area contributed by atoms with Crippen molar-refractivity contribution in [3.05, 3.63) is 89.5 Å². The number of anilines is 1. The fourth-order valence-corrected chi connectivity index (χ4v) is 4.22. The van der Waals surface area contributed by atoms with Crippen molar-refractivity contribution < 1.29 is 9.47 Å². The lowest BCUT2D eigenvalue weighted by atomic mass is 10.1. The van der Waals surface area contributed by atoms with Crippen molar-refractivity contribution in [2.75, 3.05) is 31.6 Å². The van der Waals surface area contributed by atoms with Crippen LogP contribution >= 0.6 is 0 Å². The first-order valence-electron chi connectivity index (χ1n) is 11.0.